The highest BCUT2D eigenvalue weighted by Crippen LogP contribution is 2.55. The largest absolute Gasteiger partial charge is 0.468 e. The lowest BCUT2D eigenvalue weighted by atomic mass is 9.54. The van der Waals surface area contributed by atoms with E-state index >= 15 is 0 Å². The summed E-state index contributed by atoms with van der Waals surface area (Å²) in [6, 6.07) is 0.712. The molecule has 1 heterocycles. The van der Waals surface area contributed by atoms with Crippen LogP contribution in [0.5, 0.6) is 5.88 Å². The van der Waals surface area contributed by atoms with Gasteiger partial charge in [0, 0.05) is 12.1 Å². The minimum atomic E-state index is -4.44. The van der Waals surface area contributed by atoms with Crippen molar-refractivity contribution in [2.45, 2.75) is 57.3 Å². The summed E-state index contributed by atoms with van der Waals surface area (Å²) in [5.41, 5.74) is 0.854. The van der Waals surface area contributed by atoms with Crippen molar-refractivity contribution >= 4 is 6.03 Å². The van der Waals surface area contributed by atoms with Gasteiger partial charge in [-0.25, -0.2) is 14.8 Å². The molecule has 0 bridgehead atoms. The van der Waals surface area contributed by atoms with Gasteiger partial charge in [-0.3, -0.25) is 0 Å². The fourth-order valence-electron chi connectivity index (χ4n) is 3.50. The lowest BCUT2D eigenvalue weighted by Crippen LogP contribution is -2.55. The summed E-state index contributed by atoms with van der Waals surface area (Å²) in [4.78, 5) is 19.7. The number of nitrogens with zero attached hydrogens (tertiary/aromatic N) is 2. The molecule has 0 saturated heterocycles. The van der Waals surface area contributed by atoms with Gasteiger partial charge in [-0.05, 0) is 38.0 Å². The molecule has 0 aromatic carbocycles. The number of halogens is 3. The Balaban J connectivity index is 1.47. The number of ether oxygens (including phenoxy) is 1. The van der Waals surface area contributed by atoms with Crippen molar-refractivity contribution in [3.8, 4) is 5.88 Å². The second kappa shape index (κ2) is 6.68. The van der Waals surface area contributed by atoms with Gasteiger partial charge in [0.15, 0.2) is 6.61 Å². The summed E-state index contributed by atoms with van der Waals surface area (Å²) >= 11 is 0. The average Bonchev–Trinajstić information content (AvgIpc) is 2.46. The lowest BCUT2D eigenvalue weighted by molar-refractivity contribution is -0.154. The van der Waals surface area contributed by atoms with Crippen molar-refractivity contribution < 1.29 is 22.7 Å². The molecule has 6 nitrogen and oxygen atoms in total. The van der Waals surface area contributed by atoms with Gasteiger partial charge in [0.25, 0.3) is 0 Å². The van der Waals surface area contributed by atoms with Crippen LogP contribution in [0.1, 0.15) is 50.8 Å². The first-order valence-electron chi connectivity index (χ1n) is 8.33. The molecular formula is C16H21F3N4O2. The maximum absolute atomic E-state index is 12.2. The van der Waals surface area contributed by atoms with E-state index in [0.29, 0.717) is 11.1 Å². The van der Waals surface area contributed by atoms with E-state index < -0.39 is 18.8 Å². The third kappa shape index (κ3) is 4.52. The number of hydrogen-bond donors (Lipinski definition) is 2. The minimum absolute atomic E-state index is 0.178. The molecule has 9 heteroatoms. The molecule has 2 fully saturated rings. The van der Waals surface area contributed by atoms with Gasteiger partial charge in [0.05, 0.1) is 11.7 Å². The Morgan fingerprint density at radius 3 is 2.72 bits per heavy atom. The maximum atomic E-state index is 12.2. The van der Waals surface area contributed by atoms with Crippen molar-refractivity contribution in [2.75, 3.05) is 6.61 Å². The number of amides is 2. The van der Waals surface area contributed by atoms with Crippen molar-refractivity contribution in [1.82, 2.24) is 20.6 Å². The van der Waals surface area contributed by atoms with Crippen LogP contribution in [0, 0.1) is 5.41 Å². The third-order valence-corrected chi connectivity index (χ3v) is 4.95. The summed E-state index contributed by atoms with van der Waals surface area (Å²) in [6.45, 7) is 0.277. The van der Waals surface area contributed by atoms with Crippen LogP contribution in [0.15, 0.2) is 12.4 Å². The minimum Gasteiger partial charge on any atom is -0.468 e. The van der Waals surface area contributed by atoms with Crippen LogP contribution >= 0.6 is 0 Å². The molecule has 1 atom stereocenters. The van der Waals surface area contributed by atoms with Gasteiger partial charge in [-0.2, -0.15) is 13.2 Å². The van der Waals surface area contributed by atoms with E-state index in [1.807, 2.05) is 0 Å². The quantitative estimate of drug-likeness (QED) is 0.848. The van der Waals surface area contributed by atoms with Crippen molar-refractivity contribution in [2.24, 2.45) is 5.41 Å². The molecule has 2 saturated carbocycles. The number of carbonyl (C=O) groups excluding carboxylic acids is 1. The lowest BCUT2D eigenvalue weighted by Gasteiger charge is -2.54. The Hall–Kier alpha value is -2.06. The third-order valence-electron chi connectivity index (χ3n) is 4.95. The predicted octanol–water partition coefficient (Wildman–Crippen LogP) is 3.11. The molecule has 2 aliphatic carbocycles. The van der Waals surface area contributed by atoms with Crippen LogP contribution in [0.4, 0.5) is 18.0 Å². The molecule has 0 radical (unpaired) electrons. The van der Waals surface area contributed by atoms with Gasteiger partial charge < -0.3 is 15.4 Å². The molecule has 2 N–H and O–H groups in total. The summed E-state index contributed by atoms with van der Waals surface area (Å²) in [5, 5.41) is 5.67. The number of carbonyl (C=O) groups is 1. The zero-order chi connectivity index (χ0) is 18.1. The molecule has 0 aliphatic heterocycles. The van der Waals surface area contributed by atoms with Crippen LogP contribution < -0.4 is 15.4 Å². The number of rotatable bonds is 5. The van der Waals surface area contributed by atoms with Crippen molar-refractivity contribution in [1.29, 1.82) is 0 Å². The van der Waals surface area contributed by atoms with E-state index in [9.17, 15) is 18.0 Å². The first-order chi connectivity index (χ1) is 11.7. The summed E-state index contributed by atoms with van der Waals surface area (Å²) in [5.74, 6) is -0.178. The topological polar surface area (TPSA) is 76.1 Å². The van der Waals surface area contributed by atoms with Crippen LogP contribution in [-0.4, -0.2) is 34.8 Å². The van der Waals surface area contributed by atoms with E-state index in [-0.39, 0.29) is 18.0 Å². The average molecular weight is 358 g/mol. The highest BCUT2D eigenvalue weighted by atomic mass is 19.4. The molecule has 138 valence electrons. The molecule has 1 aromatic rings. The Morgan fingerprint density at radius 1 is 1.40 bits per heavy atom. The Labute approximate surface area is 143 Å². The van der Waals surface area contributed by atoms with Crippen molar-refractivity contribution in [3.63, 3.8) is 0 Å². The fraction of sp³-hybridized carbons (Fsp3) is 0.688. The van der Waals surface area contributed by atoms with E-state index in [4.69, 9.17) is 0 Å². The monoisotopic (exact) mass is 358 g/mol. The van der Waals surface area contributed by atoms with Gasteiger partial charge >= 0.3 is 12.2 Å². The second-order valence-corrected chi connectivity index (χ2v) is 6.98. The molecule has 0 unspecified atom stereocenters. The Bertz CT molecular complexity index is 626. The van der Waals surface area contributed by atoms with Gasteiger partial charge in [-0.1, -0.05) is 6.42 Å². The van der Waals surface area contributed by atoms with Crippen molar-refractivity contribution in [3.05, 3.63) is 18.1 Å². The summed E-state index contributed by atoms with van der Waals surface area (Å²) in [7, 11) is 0. The molecule has 2 amide bonds. The van der Waals surface area contributed by atoms with E-state index in [0.717, 1.165) is 19.2 Å². The zero-order valence-corrected chi connectivity index (χ0v) is 13.9. The standard InChI is InChI=1S/C16H21F3N4O2/c1-10(12-5-13(21-9-20-12)25-8-16(17,18)19)22-14(24)23-11-6-15(7-11)3-2-4-15/h5,9-11H,2-4,6-8H2,1H3,(H2,22,23,24)/t10-/m1/s1. The highest BCUT2D eigenvalue weighted by Gasteiger charge is 2.48. The van der Waals surface area contributed by atoms with Gasteiger partial charge in [-0.15, -0.1) is 0 Å². The highest BCUT2D eigenvalue weighted by molar-refractivity contribution is 5.74. The first kappa shape index (κ1) is 17.8. The smallest absolute Gasteiger partial charge is 0.422 e. The van der Waals surface area contributed by atoms with Crippen LogP contribution in [0.25, 0.3) is 0 Å². The summed E-state index contributed by atoms with van der Waals surface area (Å²) in [6.07, 6.45) is 2.52. The molecule has 25 heavy (non-hydrogen) atoms. The predicted molar refractivity (Wildman–Crippen MR) is 83.0 cm³/mol. The Morgan fingerprint density at radius 2 is 2.12 bits per heavy atom. The SMILES string of the molecule is C[C@@H](NC(=O)NC1CC2(CCC2)C1)c1cc(OCC(F)(F)F)ncn1. The second-order valence-electron chi connectivity index (χ2n) is 6.98. The van der Waals surface area contributed by atoms with Crippen LogP contribution in [-0.2, 0) is 0 Å². The number of hydrogen-bond acceptors (Lipinski definition) is 4. The molecular weight excluding hydrogens is 337 g/mol. The summed E-state index contributed by atoms with van der Waals surface area (Å²) < 4.78 is 41.1. The number of alkyl halides is 3. The number of urea groups is 1. The Kier molecular flexibility index (Phi) is 4.75. The van der Waals surface area contributed by atoms with E-state index in [2.05, 4.69) is 25.3 Å². The van der Waals surface area contributed by atoms with E-state index in [1.165, 1.54) is 25.3 Å². The fourth-order valence-corrected chi connectivity index (χ4v) is 3.50. The van der Waals surface area contributed by atoms with Crippen LogP contribution in [0.2, 0.25) is 0 Å². The van der Waals surface area contributed by atoms with Gasteiger partial charge in [0.2, 0.25) is 5.88 Å². The normalized spacial score (nSPS) is 20.3. The first-order valence-corrected chi connectivity index (χ1v) is 8.33. The molecule has 2 aliphatic rings. The molecule has 3 rings (SSSR count). The zero-order valence-electron chi connectivity index (χ0n) is 13.9. The number of nitrogens with one attached hydrogen (secondary N) is 2. The maximum Gasteiger partial charge on any atom is 0.422 e. The molecule has 1 spiro atoms. The van der Waals surface area contributed by atoms with Gasteiger partial charge in [0.1, 0.15) is 6.33 Å². The van der Waals surface area contributed by atoms with E-state index in [1.54, 1.807) is 6.92 Å². The van der Waals surface area contributed by atoms with Crippen LogP contribution in [0.3, 0.4) is 0 Å². The molecule has 1 aromatic heterocycles. The number of aromatic nitrogens is 2.